The summed E-state index contributed by atoms with van der Waals surface area (Å²) in [5.41, 5.74) is 0.519. The number of carboxylic acids is 1. The van der Waals surface area contributed by atoms with Gasteiger partial charge in [0.25, 0.3) is 0 Å². The Morgan fingerprint density at radius 3 is 2.72 bits per heavy atom. The summed E-state index contributed by atoms with van der Waals surface area (Å²) in [7, 11) is 0. The van der Waals surface area contributed by atoms with Gasteiger partial charge in [0, 0.05) is 12.2 Å². The van der Waals surface area contributed by atoms with Gasteiger partial charge in [0.2, 0.25) is 5.91 Å². The normalized spacial score (nSPS) is 10.3. The van der Waals surface area contributed by atoms with Gasteiger partial charge in [-0.1, -0.05) is 19.1 Å². The summed E-state index contributed by atoms with van der Waals surface area (Å²) >= 11 is 0. The van der Waals surface area contributed by atoms with Crippen LogP contribution in [0.3, 0.4) is 0 Å². The Bertz CT molecular complexity index is 454. The summed E-state index contributed by atoms with van der Waals surface area (Å²) in [5.74, 6) is -1.11. The summed E-state index contributed by atoms with van der Waals surface area (Å²) < 4.78 is 5.46. The van der Waals surface area contributed by atoms with Gasteiger partial charge in [-0.2, -0.15) is 0 Å². The van der Waals surface area contributed by atoms with Crippen molar-refractivity contribution in [1.82, 2.24) is 0 Å². The topological polar surface area (TPSA) is 75.6 Å². The van der Waals surface area contributed by atoms with Gasteiger partial charge in [-0.15, -0.1) is 0 Å². The number of rotatable bonds is 6. The van der Waals surface area contributed by atoms with E-state index in [0.717, 1.165) is 18.6 Å². The third-order valence-electron chi connectivity index (χ3n) is 1.98. The Morgan fingerprint density at radius 1 is 1.33 bits per heavy atom. The van der Waals surface area contributed by atoms with E-state index in [-0.39, 0.29) is 0 Å². The van der Waals surface area contributed by atoms with Crippen LogP contribution in [-0.4, -0.2) is 23.6 Å². The molecule has 1 aromatic rings. The minimum atomic E-state index is -1.17. The van der Waals surface area contributed by atoms with Crippen molar-refractivity contribution in [2.75, 3.05) is 11.9 Å². The Kier molecular flexibility index (Phi) is 5.44. The van der Waals surface area contributed by atoms with Crippen molar-refractivity contribution < 1.29 is 19.4 Å². The molecule has 0 bridgehead atoms. The highest BCUT2D eigenvalue weighted by Crippen LogP contribution is 2.23. The molecule has 1 rings (SSSR count). The molecule has 5 nitrogen and oxygen atoms in total. The van der Waals surface area contributed by atoms with E-state index in [1.165, 1.54) is 0 Å². The average molecular weight is 249 g/mol. The molecule has 0 saturated heterocycles. The summed E-state index contributed by atoms with van der Waals surface area (Å²) in [6.45, 7) is 2.54. The molecule has 2 N–H and O–H groups in total. The number of hydrogen-bond acceptors (Lipinski definition) is 3. The molecular weight excluding hydrogens is 234 g/mol. The molecule has 1 aromatic carbocycles. The standard InChI is InChI=1S/C13H15NO4/c1-2-9-18-11-6-4-3-5-10(11)14-12(15)7-8-13(16)17/h3-8H,2,9H2,1H3,(H,14,15)(H,16,17)/b8-7-. The van der Waals surface area contributed by atoms with E-state index < -0.39 is 11.9 Å². The lowest BCUT2D eigenvalue weighted by atomic mass is 10.3. The van der Waals surface area contributed by atoms with Crippen molar-refractivity contribution in [2.24, 2.45) is 0 Å². The first kappa shape index (κ1) is 13.8. The van der Waals surface area contributed by atoms with Gasteiger partial charge in [0.15, 0.2) is 0 Å². The average Bonchev–Trinajstić information content (AvgIpc) is 2.35. The monoisotopic (exact) mass is 249 g/mol. The Hall–Kier alpha value is -2.30. The Labute approximate surface area is 105 Å². The molecule has 0 aliphatic carbocycles. The second-order valence-corrected chi connectivity index (χ2v) is 3.51. The van der Waals surface area contributed by atoms with Gasteiger partial charge in [0.05, 0.1) is 12.3 Å². The number of para-hydroxylation sites is 2. The number of nitrogens with one attached hydrogen (secondary N) is 1. The number of carbonyl (C=O) groups is 2. The Morgan fingerprint density at radius 2 is 2.06 bits per heavy atom. The number of carboxylic acid groups (broad SMARTS) is 1. The molecule has 0 aliphatic heterocycles. The fourth-order valence-electron chi connectivity index (χ4n) is 1.23. The van der Waals surface area contributed by atoms with Crippen LogP contribution >= 0.6 is 0 Å². The number of aliphatic carboxylic acids is 1. The van der Waals surface area contributed by atoms with Gasteiger partial charge in [0.1, 0.15) is 5.75 Å². The van der Waals surface area contributed by atoms with E-state index in [0.29, 0.717) is 18.0 Å². The van der Waals surface area contributed by atoms with Crippen LogP contribution in [-0.2, 0) is 9.59 Å². The Balaban J connectivity index is 2.71. The fraction of sp³-hybridized carbons (Fsp3) is 0.231. The first-order valence-electron chi connectivity index (χ1n) is 5.57. The van der Waals surface area contributed by atoms with Crippen LogP contribution in [0, 0.1) is 0 Å². The van der Waals surface area contributed by atoms with Gasteiger partial charge in [-0.25, -0.2) is 4.79 Å². The second kappa shape index (κ2) is 7.11. The third-order valence-corrected chi connectivity index (χ3v) is 1.98. The molecule has 0 radical (unpaired) electrons. The van der Waals surface area contributed by atoms with Gasteiger partial charge in [-0.3, -0.25) is 4.79 Å². The highest BCUT2D eigenvalue weighted by atomic mass is 16.5. The molecule has 0 aliphatic rings. The number of ether oxygens (including phenoxy) is 1. The molecule has 18 heavy (non-hydrogen) atoms. The first-order valence-corrected chi connectivity index (χ1v) is 5.57. The molecular formula is C13H15NO4. The minimum absolute atomic E-state index is 0.509. The van der Waals surface area contributed by atoms with Crippen LogP contribution in [0.15, 0.2) is 36.4 Å². The molecule has 0 aromatic heterocycles. The first-order chi connectivity index (χ1) is 8.63. The van der Waals surface area contributed by atoms with E-state index in [2.05, 4.69) is 5.32 Å². The van der Waals surface area contributed by atoms with E-state index in [1.54, 1.807) is 24.3 Å². The molecule has 96 valence electrons. The number of benzene rings is 1. The minimum Gasteiger partial charge on any atom is -0.491 e. The molecule has 5 heteroatoms. The lowest BCUT2D eigenvalue weighted by Gasteiger charge is -2.10. The summed E-state index contributed by atoms with van der Waals surface area (Å²) in [6, 6.07) is 6.99. The van der Waals surface area contributed by atoms with Crippen molar-refractivity contribution >= 4 is 17.6 Å². The number of carbonyl (C=O) groups excluding carboxylic acids is 1. The van der Waals surface area contributed by atoms with Gasteiger partial charge >= 0.3 is 5.97 Å². The van der Waals surface area contributed by atoms with E-state index >= 15 is 0 Å². The highest BCUT2D eigenvalue weighted by molar-refractivity contribution is 6.03. The zero-order chi connectivity index (χ0) is 13.4. The molecule has 0 spiro atoms. The van der Waals surface area contributed by atoms with Crippen LogP contribution in [0.2, 0.25) is 0 Å². The zero-order valence-electron chi connectivity index (χ0n) is 10.1. The van der Waals surface area contributed by atoms with Crippen molar-refractivity contribution in [2.45, 2.75) is 13.3 Å². The maximum absolute atomic E-state index is 11.4. The molecule has 0 fully saturated rings. The lowest BCUT2D eigenvalue weighted by Crippen LogP contribution is -2.10. The van der Waals surface area contributed by atoms with E-state index in [4.69, 9.17) is 9.84 Å². The fourth-order valence-corrected chi connectivity index (χ4v) is 1.23. The van der Waals surface area contributed by atoms with Crippen LogP contribution in [0.4, 0.5) is 5.69 Å². The van der Waals surface area contributed by atoms with Crippen LogP contribution in [0.1, 0.15) is 13.3 Å². The maximum atomic E-state index is 11.4. The lowest BCUT2D eigenvalue weighted by molar-refractivity contribution is -0.131. The predicted octanol–water partition coefficient (Wildman–Crippen LogP) is 2.05. The van der Waals surface area contributed by atoms with Crippen LogP contribution < -0.4 is 10.1 Å². The van der Waals surface area contributed by atoms with Crippen LogP contribution in [0.5, 0.6) is 5.75 Å². The number of amides is 1. The molecule has 0 unspecified atom stereocenters. The zero-order valence-corrected chi connectivity index (χ0v) is 10.1. The predicted molar refractivity (Wildman–Crippen MR) is 67.6 cm³/mol. The molecule has 1 amide bonds. The van der Waals surface area contributed by atoms with Crippen LogP contribution in [0.25, 0.3) is 0 Å². The third kappa shape index (κ3) is 4.69. The van der Waals surface area contributed by atoms with Crippen molar-refractivity contribution in [3.05, 3.63) is 36.4 Å². The van der Waals surface area contributed by atoms with E-state index in [1.807, 2.05) is 6.92 Å². The summed E-state index contributed by atoms with van der Waals surface area (Å²) in [5, 5.41) is 11.0. The maximum Gasteiger partial charge on any atom is 0.328 e. The van der Waals surface area contributed by atoms with Crippen molar-refractivity contribution in [3.8, 4) is 5.75 Å². The van der Waals surface area contributed by atoms with Gasteiger partial charge < -0.3 is 15.2 Å². The smallest absolute Gasteiger partial charge is 0.328 e. The van der Waals surface area contributed by atoms with Gasteiger partial charge in [-0.05, 0) is 18.6 Å². The molecule has 0 saturated carbocycles. The quantitative estimate of drug-likeness (QED) is 0.756. The molecule has 0 heterocycles. The number of hydrogen-bond donors (Lipinski definition) is 2. The van der Waals surface area contributed by atoms with Crippen molar-refractivity contribution in [3.63, 3.8) is 0 Å². The summed E-state index contributed by atoms with van der Waals surface area (Å²) in [6.07, 6.45) is 2.60. The number of anilines is 1. The molecule has 0 atom stereocenters. The van der Waals surface area contributed by atoms with E-state index in [9.17, 15) is 9.59 Å². The second-order valence-electron chi connectivity index (χ2n) is 3.51. The highest BCUT2D eigenvalue weighted by Gasteiger charge is 2.05. The van der Waals surface area contributed by atoms with Crippen molar-refractivity contribution in [1.29, 1.82) is 0 Å². The summed E-state index contributed by atoms with van der Waals surface area (Å²) in [4.78, 5) is 21.7. The largest absolute Gasteiger partial charge is 0.491 e. The SMILES string of the molecule is CCCOc1ccccc1NC(=O)/C=C\C(=O)O.